The Morgan fingerprint density at radius 1 is 1.05 bits per heavy atom. The zero-order valence-electron chi connectivity index (χ0n) is 23.2. The van der Waals surface area contributed by atoms with Crippen LogP contribution in [0.1, 0.15) is 70.2 Å². The number of carbonyl (C=O) groups excluding carboxylic acids is 4. The summed E-state index contributed by atoms with van der Waals surface area (Å²) in [6, 6.07) is 5.29. The second-order valence-electron chi connectivity index (χ2n) is 11.8. The number of likely N-dealkylation sites (tertiary alicyclic amines) is 1. The fraction of sp³-hybridized carbons (Fsp3) is 0.655. The average Bonchev–Trinajstić information content (AvgIpc) is 3.42. The molecule has 2 aliphatic rings. The lowest BCUT2D eigenvalue weighted by atomic mass is 9.85. The summed E-state index contributed by atoms with van der Waals surface area (Å²) in [4.78, 5) is 56.5. The molecule has 5 atom stereocenters. The highest BCUT2D eigenvalue weighted by atomic mass is 16.2. The van der Waals surface area contributed by atoms with Crippen LogP contribution in [0.2, 0.25) is 0 Å². The van der Waals surface area contributed by atoms with E-state index in [1.165, 1.54) is 0 Å². The standard InChI is InChI=1S/C29H44N4O4/c1-17(2)7-12-23(30)27(35)22-16-25(34)26-21(22)13-14-33(26)29(37)24(15-18(3)4)31-28(36)19-8-10-20(11-9-19)32(5)6/h8-11,17-18,21-24,26H,7,12-16,30H2,1-6H3,(H,31,36)/t21-,22?,23-,24-,26-/m0/s1. The van der Waals surface area contributed by atoms with E-state index in [4.69, 9.17) is 5.73 Å². The Kier molecular flexibility index (Phi) is 9.51. The van der Waals surface area contributed by atoms with Crippen molar-refractivity contribution in [1.82, 2.24) is 10.2 Å². The number of nitrogens with two attached hydrogens (primary N) is 1. The fourth-order valence-electron chi connectivity index (χ4n) is 5.67. The van der Waals surface area contributed by atoms with E-state index >= 15 is 0 Å². The molecular weight excluding hydrogens is 468 g/mol. The molecule has 8 nitrogen and oxygen atoms in total. The Labute approximate surface area is 221 Å². The van der Waals surface area contributed by atoms with Gasteiger partial charge in [-0.05, 0) is 67.7 Å². The number of fused-ring (bicyclic) bond motifs is 1. The Morgan fingerprint density at radius 2 is 1.70 bits per heavy atom. The first-order valence-corrected chi connectivity index (χ1v) is 13.6. The number of anilines is 1. The lowest BCUT2D eigenvalue weighted by Gasteiger charge is -2.29. The van der Waals surface area contributed by atoms with Crippen molar-refractivity contribution < 1.29 is 19.2 Å². The lowest BCUT2D eigenvalue weighted by molar-refractivity contribution is -0.138. The highest BCUT2D eigenvalue weighted by Crippen LogP contribution is 2.41. The number of hydrogen-bond acceptors (Lipinski definition) is 6. The van der Waals surface area contributed by atoms with Crippen molar-refractivity contribution in [3.63, 3.8) is 0 Å². The predicted octanol–water partition coefficient (Wildman–Crippen LogP) is 3.04. The van der Waals surface area contributed by atoms with E-state index < -0.39 is 24.0 Å². The van der Waals surface area contributed by atoms with Gasteiger partial charge in [0.1, 0.15) is 6.04 Å². The summed E-state index contributed by atoms with van der Waals surface area (Å²) < 4.78 is 0. The number of nitrogens with zero attached hydrogens (tertiary/aromatic N) is 2. The van der Waals surface area contributed by atoms with Gasteiger partial charge >= 0.3 is 0 Å². The molecule has 1 aromatic rings. The molecule has 0 spiro atoms. The topological polar surface area (TPSA) is 113 Å². The summed E-state index contributed by atoms with van der Waals surface area (Å²) in [5.74, 6) is -0.684. The molecule has 8 heteroatoms. The summed E-state index contributed by atoms with van der Waals surface area (Å²) in [6.07, 6.45) is 2.68. The average molecular weight is 513 g/mol. The maximum Gasteiger partial charge on any atom is 0.251 e. The molecule has 37 heavy (non-hydrogen) atoms. The number of benzene rings is 1. The van der Waals surface area contributed by atoms with Crippen LogP contribution in [0.5, 0.6) is 0 Å². The van der Waals surface area contributed by atoms with Crippen molar-refractivity contribution in [2.45, 2.75) is 77.9 Å². The van der Waals surface area contributed by atoms with Crippen LogP contribution < -0.4 is 16.0 Å². The first-order valence-electron chi connectivity index (χ1n) is 13.6. The lowest BCUT2D eigenvalue weighted by Crippen LogP contribution is -2.52. The third kappa shape index (κ3) is 6.78. The Balaban J connectivity index is 1.72. The first-order chi connectivity index (χ1) is 17.4. The number of nitrogens with one attached hydrogen (secondary N) is 1. The second kappa shape index (κ2) is 12.2. The van der Waals surface area contributed by atoms with Gasteiger partial charge in [-0.15, -0.1) is 0 Å². The quantitative estimate of drug-likeness (QED) is 0.471. The van der Waals surface area contributed by atoms with Gasteiger partial charge in [0.2, 0.25) is 5.91 Å². The van der Waals surface area contributed by atoms with Gasteiger partial charge in [-0.25, -0.2) is 0 Å². The van der Waals surface area contributed by atoms with Crippen LogP contribution in [0.25, 0.3) is 0 Å². The van der Waals surface area contributed by atoms with Crippen molar-refractivity contribution in [2.75, 3.05) is 25.5 Å². The smallest absolute Gasteiger partial charge is 0.251 e. The molecule has 2 amide bonds. The van der Waals surface area contributed by atoms with E-state index in [0.29, 0.717) is 37.3 Å². The molecule has 0 aromatic heterocycles. The van der Waals surface area contributed by atoms with Gasteiger partial charge in [-0.2, -0.15) is 0 Å². The molecule has 2 fully saturated rings. The van der Waals surface area contributed by atoms with E-state index in [9.17, 15) is 19.2 Å². The molecule has 1 saturated heterocycles. The van der Waals surface area contributed by atoms with Crippen LogP contribution in [0, 0.1) is 23.7 Å². The number of rotatable bonds is 11. The molecule has 3 N–H and O–H groups in total. The molecule has 3 rings (SSSR count). The van der Waals surface area contributed by atoms with E-state index in [0.717, 1.165) is 12.1 Å². The number of hydrogen-bond donors (Lipinski definition) is 2. The molecule has 1 aliphatic heterocycles. The fourth-order valence-corrected chi connectivity index (χ4v) is 5.67. The van der Waals surface area contributed by atoms with Crippen molar-refractivity contribution in [2.24, 2.45) is 29.4 Å². The first kappa shape index (κ1) is 28.8. The van der Waals surface area contributed by atoms with Gasteiger partial charge in [0, 0.05) is 44.2 Å². The Hall–Kier alpha value is -2.74. The van der Waals surface area contributed by atoms with Crippen molar-refractivity contribution in [3.05, 3.63) is 29.8 Å². The third-order valence-electron chi connectivity index (χ3n) is 7.74. The van der Waals surface area contributed by atoms with Crippen molar-refractivity contribution >= 4 is 29.1 Å². The highest BCUT2D eigenvalue weighted by molar-refractivity contribution is 6.01. The monoisotopic (exact) mass is 512 g/mol. The van der Waals surface area contributed by atoms with Crippen LogP contribution in [0.4, 0.5) is 5.69 Å². The predicted molar refractivity (Wildman–Crippen MR) is 145 cm³/mol. The minimum atomic E-state index is -0.740. The van der Waals surface area contributed by atoms with E-state index in [1.54, 1.807) is 17.0 Å². The molecule has 0 bridgehead atoms. The zero-order valence-corrected chi connectivity index (χ0v) is 23.2. The maximum atomic E-state index is 13.7. The SMILES string of the molecule is CC(C)CC[C@H](N)C(=O)C1CC(=O)[C@@H]2[C@H]1CCN2C(=O)[C@H](CC(C)C)NC(=O)c1ccc(N(C)C)cc1. The molecule has 1 heterocycles. The summed E-state index contributed by atoms with van der Waals surface area (Å²) in [5, 5.41) is 2.92. The second-order valence-corrected chi connectivity index (χ2v) is 11.8. The van der Waals surface area contributed by atoms with Crippen molar-refractivity contribution in [1.29, 1.82) is 0 Å². The van der Waals surface area contributed by atoms with E-state index in [2.05, 4.69) is 19.2 Å². The summed E-state index contributed by atoms with van der Waals surface area (Å²) in [5.41, 5.74) is 7.67. The van der Waals surface area contributed by atoms with Gasteiger partial charge < -0.3 is 20.9 Å². The maximum absolute atomic E-state index is 13.7. The van der Waals surface area contributed by atoms with E-state index in [-0.39, 0.29) is 41.6 Å². The minimum Gasteiger partial charge on any atom is -0.378 e. The molecule has 0 radical (unpaired) electrons. The summed E-state index contributed by atoms with van der Waals surface area (Å²) in [6.45, 7) is 8.60. The van der Waals surface area contributed by atoms with Crippen LogP contribution in [0.3, 0.4) is 0 Å². The van der Waals surface area contributed by atoms with Gasteiger partial charge in [0.05, 0.1) is 12.1 Å². The summed E-state index contributed by atoms with van der Waals surface area (Å²) >= 11 is 0. The van der Waals surface area contributed by atoms with Crippen molar-refractivity contribution in [3.8, 4) is 0 Å². The van der Waals surface area contributed by atoms with Crippen LogP contribution in [0.15, 0.2) is 24.3 Å². The summed E-state index contributed by atoms with van der Waals surface area (Å²) in [7, 11) is 3.86. The molecule has 1 unspecified atom stereocenters. The normalized spacial score (nSPS) is 22.8. The van der Waals surface area contributed by atoms with Crippen LogP contribution >= 0.6 is 0 Å². The van der Waals surface area contributed by atoms with E-state index in [1.807, 2.05) is 45.0 Å². The molecule has 1 saturated carbocycles. The number of ketones is 2. The Morgan fingerprint density at radius 3 is 2.27 bits per heavy atom. The van der Waals surface area contributed by atoms with Crippen LogP contribution in [-0.2, 0) is 14.4 Å². The third-order valence-corrected chi connectivity index (χ3v) is 7.74. The number of amides is 2. The van der Waals surface area contributed by atoms with Gasteiger partial charge in [-0.3, -0.25) is 19.2 Å². The number of carbonyl (C=O) groups is 4. The van der Waals surface area contributed by atoms with Gasteiger partial charge in [0.15, 0.2) is 11.6 Å². The highest BCUT2D eigenvalue weighted by Gasteiger charge is 2.54. The zero-order chi connectivity index (χ0) is 27.4. The molecular formula is C29H44N4O4. The minimum absolute atomic E-state index is 0.0518. The Bertz CT molecular complexity index is 988. The molecule has 1 aromatic carbocycles. The largest absolute Gasteiger partial charge is 0.378 e. The molecule has 204 valence electrons. The van der Waals surface area contributed by atoms with Gasteiger partial charge in [0.25, 0.3) is 5.91 Å². The molecule has 1 aliphatic carbocycles. The van der Waals surface area contributed by atoms with Crippen LogP contribution in [-0.4, -0.2) is 67.0 Å². The van der Waals surface area contributed by atoms with Gasteiger partial charge in [-0.1, -0.05) is 27.7 Å². The number of Topliss-reactive ketones (excluding diaryl/α,β-unsaturated/α-hetero) is 2.